The Kier molecular flexibility index (Phi) is 4.33. The van der Waals surface area contributed by atoms with Crippen molar-refractivity contribution in [2.45, 2.75) is 57.7 Å². The van der Waals surface area contributed by atoms with Crippen LogP contribution in [0.1, 0.15) is 57.2 Å². The molecule has 116 valence electrons. The van der Waals surface area contributed by atoms with Gasteiger partial charge in [-0.3, -0.25) is 4.79 Å². The van der Waals surface area contributed by atoms with E-state index in [0.29, 0.717) is 12.8 Å². The number of likely N-dealkylation sites (tertiary alicyclic amines) is 1. The average Bonchev–Trinajstić information content (AvgIpc) is 2.40. The van der Waals surface area contributed by atoms with Gasteiger partial charge in [-0.15, -0.1) is 0 Å². The molecule has 1 amide bonds. The summed E-state index contributed by atoms with van der Waals surface area (Å²) >= 11 is 0. The number of nitrogens with two attached hydrogens (primary N) is 1. The van der Waals surface area contributed by atoms with Crippen molar-refractivity contribution in [2.75, 3.05) is 0 Å². The number of amides is 1. The lowest BCUT2D eigenvalue weighted by atomic mass is 9.86. The van der Waals surface area contributed by atoms with Crippen molar-refractivity contribution < 1.29 is 13.6 Å². The minimum absolute atomic E-state index is 0.0169. The highest BCUT2D eigenvalue weighted by Crippen LogP contribution is 2.36. The van der Waals surface area contributed by atoms with Gasteiger partial charge in [0.15, 0.2) is 0 Å². The van der Waals surface area contributed by atoms with Crippen molar-refractivity contribution in [3.8, 4) is 0 Å². The van der Waals surface area contributed by atoms with E-state index < -0.39 is 6.43 Å². The molecular weight excluding hydrogens is 274 g/mol. The highest BCUT2D eigenvalue weighted by molar-refractivity contribution is 5.78. The van der Waals surface area contributed by atoms with E-state index in [9.17, 15) is 13.6 Å². The third kappa shape index (κ3) is 3.23. The van der Waals surface area contributed by atoms with E-state index in [0.717, 1.165) is 5.56 Å². The third-order valence-corrected chi connectivity index (χ3v) is 3.90. The minimum atomic E-state index is -2.49. The zero-order chi connectivity index (χ0) is 15.8. The Hall–Kier alpha value is -1.49. The van der Waals surface area contributed by atoms with Crippen LogP contribution in [0.25, 0.3) is 0 Å². The quantitative estimate of drug-likeness (QED) is 0.909. The molecule has 1 saturated heterocycles. The first-order valence-electron chi connectivity index (χ1n) is 7.17. The first-order valence-corrected chi connectivity index (χ1v) is 7.17. The van der Waals surface area contributed by atoms with Gasteiger partial charge >= 0.3 is 0 Å². The summed E-state index contributed by atoms with van der Waals surface area (Å²) in [7, 11) is 0. The molecule has 0 bridgehead atoms. The Balaban J connectivity index is 2.39. The number of carbonyl (C=O) groups excluding carboxylic acids is 1. The van der Waals surface area contributed by atoms with Crippen LogP contribution in [0.15, 0.2) is 24.3 Å². The fourth-order valence-corrected chi connectivity index (χ4v) is 2.94. The molecule has 0 radical (unpaired) electrons. The molecule has 2 unspecified atom stereocenters. The molecule has 2 atom stereocenters. The monoisotopic (exact) mass is 296 g/mol. The van der Waals surface area contributed by atoms with E-state index in [4.69, 9.17) is 5.73 Å². The Morgan fingerprint density at radius 3 is 2.29 bits per heavy atom. The van der Waals surface area contributed by atoms with E-state index in [2.05, 4.69) is 0 Å². The lowest BCUT2D eigenvalue weighted by molar-refractivity contribution is -0.144. The summed E-state index contributed by atoms with van der Waals surface area (Å²) < 4.78 is 25.3. The summed E-state index contributed by atoms with van der Waals surface area (Å²) in [5.74, 6) is 0.0622. The van der Waals surface area contributed by atoms with Gasteiger partial charge in [0.05, 0.1) is 6.04 Å². The molecule has 0 saturated carbocycles. The molecule has 0 spiro atoms. The largest absolute Gasteiger partial charge is 0.329 e. The van der Waals surface area contributed by atoms with Gasteiger partial charge in [-0.25, -0.2) is 8.78 Å². The van der Waals surface area contributed by atoms with Gasteiger partial charge in [0.1, 0.15) is 0 Å². The third-order valence-electron chi connectivity index (χ3n) is 3.90. The molecule has 5 heteroatoms. The molecule has 3 nitrogen and oxygen atoms in total. The van der Waals surface area contributed by atoms with E-state index >= 15 is 0 Å². The lowest BCUT2D eigenvalue weighted by Crippen LogP contribution is -2.56. The number of carbonyl (C=O) groups is 1. The number of nitrogens with zero attached hydrogens (tertiary/aromatic N) is 1. The second-order valence-corrected chi connectivity index (χ2v) is 6.55. The fourth-order valence-electron chi connectivity index (χ4n) is 2.94. The van der Waals surface area contributed by atoms with E-state index in [-0.39, 0.29) is 29.1 Å². The number of alkyl halides is 2. The summed E-state index contributed by atoms with van der Waals surface area (Å²) in [6.45, 7) is 5.89. The number of hydrogen-bond acceptors (Lipinski definition) is 2. The van der Waals surface area contributed by atoms with Gasteiger partial charge in [0.25, 0.3) is 6.43 Å². The second kappa shape index (κ2) is 5.72. The van der Waals surface area contributed by atoms with Crippen LogP contribution in [0.3, 0.4) is 0 Å². The normalized spacial score (nSPS) is 23.8. The lowest BCUT2D eigenvalue weighted by Gasteiger charge is -2.47. The van der Waals surface area contributed by atoms with E-state index in [1.54, 1.807) is 17.0 Å². The van der Waals surface area contributed by atoms with Gasteiger partial charge in [0, 0.05) is 23.6 Å². The number of rotatable bonds is 2. The Bertz CT molecular complexity index is 508. The van der Waals surface area contributed by atoms with Gasteiger partial charge < -0.3 is 10.6 Å². The smallest absolute Gasteiger partial charge is 0.263 e. The number of halogens is 2. The molecule has 0 aromatic heterocycles. The highest BCUT2D eigenvalue weighted by atomic mass is 19.3. The maximum atomic E-state index is 12.7. The van der Waals surface area contributed by atoms with Gasteiger partial charge in [0.2, 0.25) is 5.91 Å². The fraction of sp³-hybridized carbons (Fsp3) is 0.562. The standard InChI is InChI=1S/C16H22F2N2O/c1-16(2,3)20-13(21)9-8-12(19)14(20)10-4-6-11(7-5-10)15(17)18/h4-7,12,14-15H,8-9,19H2,1-3H3. The molecule has 1 aliphatic heterocycles. The van der Waals surface area contributed by atoms with Crippen molar-refractivity contribution in [3.63, 3.8) is 0 Å². The van der Waals surface area contributed by atoms with Crippen LogP contribution < -0.4 is 5.73 Å². The summed E-state index contributed by atoms with van der Waals surface area (Å²) in [6.07, 6.45) is -1.43. The van der Waals surface area contributed by atoms with Gasteiger partial charge in [-0.05, 0) is 32.8 Å². The predicted molar refractivity (Wildman–Crippen MR) is 77.9 cm³/mol. The molecule has 21 heavy (non-hydrogen) atoms. The molecule has 1 aromatic rings. The molecule has 2 rings (SSSR count). The second-order valence-electron chi connectivity index (χ2n) is 6.55. The van der Waals surface area contributed by atoms with Crippen molar-refractivity contribution in [3.05, 3.63) is 35.4 Å². The summed E-state index contributed by atoms with van der Waals surface area (Å²) in [5.41, 5.74) is 6.65. The Morgan fingerprint density at radius 2 is 1.81 bits per heavy atom. The molecule has 2 N–H and O–H groups in total. The first kappa shape index (κ1) is 15.9. The van der Waals surface area contributed by atoms with Crippen LogP contribution in [-0.4, -0.2) is 22.4 Å². The van der Waals surface area contributed by atoms with Gasteiger partial charge in [-0.1, -0.05) is 24.3 Å². The van der Waals surface area contributed by atoms with Crippen molar-refractivity contribution in [1.82, 2.24) is 4.90 Å². The van der Waals surface area contributed by atoms with Crippen molar-refractivity contribution in [2.24, 2.45) is 5.73 Å². The maximum absolute atomic E-state index is 12.7. The number of benzene rings is 1. The topological polar surface area (TPSA) is 46.3 Å². The zero-order valence-corrected chi connectivity index (χ0v) is 12.6. The van der Waals surface area contributed by atoms with Crippen molar-refractivity contribution >= 4 is 5.91 Å². The number of piperidine rings is 1. The minimum Gasteiger partial charge on any atom is -0.329 e. The number of hydrogen-bond donors (Lipinski definition) is 1. The molecular formula is C16H22F2N2O. The van der Waals surface area contributed by atoms with Crippen LogP contribution in [-0.2, 0) is 4.79 Å². The molecule has 1 heterocycles. The summed E-state index contributed by atoms with van der Waals surface area (Å²) in [6, 6.07) is 5.68. The van der Waals surface area contributed by atoms with Crippen LogP contribution in [0.5, 0.6) is 0 Å². The maximum Gasteiger partial charge on any atom is 0.263 e. The summed E-state index contributed by atoms with van der Waals surface area (Å²) in [4.78, 5) is 14.1. The first-order chi connectivity index (χ1) is 9.71. The van der Waals surface area contributed by atoms with Gasteiger partial charge in [-0.2, -0.15) is 0 Å². The van der Waals surface area contributed by atoms with Crippen LogP contribution in [0.4, 0.5) is 8.78 Å². The van der Waals surface area contributed by atoms with E-state index in [1.807, 2.05) is 20.8 Å². The zero-order valence-electron chi connectivity index (χ0n) is 12.6. The van der Waals surface area contributed by atoms with E-state index in [1.165, 1.54) is 12.1 Å². The van der Waals surface area contributed by atoms with Crippen LogP contribution >= 0.6 is 0 Å². The summed E-state index contributed by atoms with van der Waals surface area (Å²) in [5, 5.41) is 0. The average molecular weight is 296 g/mol. The van der Waals surface area contributed by atoms with Crippen LogP contribution in [0, 0.1) is 0 Å². The predicted octanol–water partition coefficient (Wildman–Crippen LogP) is 3.41. The Labute approximate surface area is 124 Å². The highest BCUT2D eigenvalue weighted by Gasteiger charge is 2.40. The molecule has 1 aliphatic rings. The Morgan fingerprint density at radius 1 is 1.24 bits per heavy atom. The van der Waals surface area contributed by atoms with Crippen molar-refractivity contribution in [1.29, 1.82) is 0 Å². The SMILES string of the molecule is CC(C)(C)N1C(=O)CCC(N)C1c1ccc(C(F)F)cc1. The molecule has 1 fully saturated rings. The van der Waals surface area contributed by atoms with Crippen LogP contribution in [0.2, 0.25) is 0 Å². The molecule has 1 aromatic carbocycles. The molecule has 0 aliphatic carbocycles.